The van der Waals surface area contributed by atoms with Crippen molar-refractivity contribution in [3.63, 3.8) is 0 Å². The predicted octanol–water partition coefficient (Wildman–Crippen LogP) is -3.19. The molecule has 18 heavy (non-hydrogen) atoms. The third kappa shape index (κ3) is 395. The van der Waals surface area contributed by atoms with E-state index < -0.39 is 37.9 Å². The van der Waals surface area contributed by atoms with Gasteiger partial charge in [0.2, 0.25) is 0 Å². The van der Waals surface area contributed by atoms with Crippen LogP contribution in [-0.4, -0.2) is 22.2 Å². The summed E-state index contributed by atoms with van der Waals surface area (Å²) in [6.45, 7) is 0. The molecule has 0 bridgehead atoms. The fourth-order valence-corrected chi connectivity index (χ4v) is 0. The molecule has 0 amide bonds. The molecule has 0 aliphatic rings. The van der Waals surface area contributed by atoms with E-state index >= 15 is 0 Å². The van der Waals surface area contributed by atoms with Gasteiger partial charge in [-0.1, -0.05) is 0 Å². The van der Waals surface area contributed by atoms with Crippen LogP contribution in [0.15, 0.2) is 0 Å². The Morgan fingerprint density at radius 3 is 0.722 bits per heavy atom. The molecule has 0 atom stereocenters. The predicted molar refractivity (Wildman–Crippen MR) is 31.4 cm³/mol. The second-order valence-corrected chi connectivity index (χ2v) is 3.73. The Morgan fingerprint density at radius 2 is 0.722 bits per heavy atom. The van der Waals surface area contributed by atoms with Crippen LogP contribution in [0.4, 0.5) is 0 Å². The van der Waals surface area contributed by atoms with E-state index in [1.807, 2.05) is 0 Å². The Morgan fingerprint density at radius 1 is 0.667 bits per heavy atom. The molecule has 0 radical (unpaired) electrons. The number of carboxylic acid groups (broad SMARTS) is 2. The molecule has 0 aliphatic carbocycles. The molecule has 0 saturated heterocycles. The van der Waals surface area contributed by atoms with Gasteiger partial charge in [0.05, 0.1) is 0 Å². The topological polar surface area (TPSA) is 296 Å². The molecule has 0 heterocycles. The Labute approximate surface area is 102 Å². The van der Waals surface area contributed by atoms with Gasteiger partial charge in [-0.05, 0) is 0 Å². The van der Waals surface area contributed by atoms with E-state index in [0.717, 1.165) is 0 Å². The number of hydrogen-bond donors (Lipinski definition) is 4. The Balaban J connectivity index is -0.0000000447. The van der Waals surface area contributed by atoms with Crippen LogP contribution in [0.2, 0.25) is 0 Å². The maximum atomic E-state index is 9.10. The summed E-state index contributed by atoms with van der Waals surface area (Å²) >= 11 is -11.2. The molecule has 10 N–H and O–H groups in total. The molecule has 16 heteroatoms. The van der Waals surface area contributed by atoms with E-state index in [1.165, 1.54) is 0 Å². The first kappa shape index (κ1) is 30.0. The van der Waals surface area contributed by atoms with Crippen LogP contribution in [0.5, 0.6) is 0 Å². The summed E-state index contributed by atoms with van der Waals surface area (Å²) in [5.41, 5.74) is 0. The van der Waals surface area contributed by atoms with E-state index in [-0.39, 0.29) is 12.3 Å². The van der Waals surface area contributed by atoms with Gasteiger partial charge in [0.25, 0.3) is 0 Å². The van der Waals surface area contributed by atoms with Gasteiger partial charge in [-0.25, -0.2) is 9.59 Å². The van der Waals surface area contributed by atoms with Crippen LogP contribution in [0.1, 0.15) is 0 Å². The van der Waals surface area contributed by atoms with Crippen molar-refractivity contribution < 1.29 is 77.1 Å². The van der Waals surface area contributed by atoms with Crippen molar-refractivity contribution in [3.05, 3.63) is 0 Å². The van der Waals surface area contributed by atoms with Crippen molar-refractivity contribution in [2.24, 2.45) is 0 Å². The fourth-order valence-electron chi connectivity index (χ4n) is 0. The zero-order chi connectivity index (χ0) is 14.2. The van der Waals surface area contributed by atoms with Gasteiger partial charge in [-0.3, -0.25) is 0 Å². The Bertz CT molecular complexity index is 459. The summed E-state index contributed by atoms with van der Waals surface area (Å²) in [6.07, 6.45) is 0. The molecule has 0 aromatic carbocycles. The molecular weight excluding hydrogens is 354 g/mol. The van der Waals surface area contributed by atoms with Crippen LogP contribution in [0.3, 0.4) is 0 Å². The molecule has 0 unspecified atom stereocenters. The molecule has 0 aliphatic heterocycles. The van der Waals surface area contributed by atoms with Crippen LogP contribution in [-0.2, 0) is 58.5 Å². The van der Waals surface area contributed by atoms with Crippen molar-refractivity contribution in [1.29, 1.82) is 0 Å². The van der Waals surface area contributed by atoms with Gasteiger partial charge in [-0.15, -0.1) is 0 Å². The molecule has 0 fully saturated rings. The van der Waals surface area contributed by atoms with E-state index in [2.05, 4.69) is 0 Å². The first-order valence-corrected chi connectivity index (χ1v) is 6.20. The minimum atomic E-state index is -5.62. The van der Waals surface area contributed by atoms with Gasteiger partial charge in [-0.2, -0.15) is 0 Å². The SMILES string of the molecule is O=C(O)C(=O)O.[NH4+].[NH4+].[O]=[Mn](=[O])(=[O])[O-].[O]=[Mn](=[O])(=[O])[O-]. The number of hydrogen-bond acceptors (Lipinski definition) is 10. The maximum absolute atomic E-state index is 9.10. The van der Waals surface area contributed by atoms with E-state index in [0.29, 0.717) is 0 Å². The van der Waals surface area contributed by atoms with Gasteiger partial charge >= 0.3 is 69.3 Å². The first-order valence-electron chi connectivity index (χ1n) is 2.34. The number of carboxylic acids is 2. The van der Waals surface area contributed by atoms with Crippen LogP contribution in [0.25, 0.3) is 0 Å². The number of quaternary nitrogens is 2. The fraction of sp³-hybridized carbons (Fsp3) is 0. The van der Waals surface area contributed by atoms with E-state index in [9.17, 15) is 0 Å². The minimum absolute atomic E-state index is 0. The molecule has 0 saturated carbocycles. The first-order chi connectivity index (χ1) is 6.64. The van der Waals surface area contributed by atoms with Gasteiger partial charge < -0.3 is 22.5 Å². The summed E-state index contributed by atoms with van der Waals surface area (Å²) in [4.78, 5) is 18.2. The average Bonchev–Trinajstić information content (AvgIpc) is 1.77. The number of carbonyl (C=O) groups is 2. The Hall–Kier alpha value is -1.38. The van der Waals surface area contributed by atoms with Crippen molar-refractivity contribution in [2.75, 3.05) is 0 Å². The van der Waals surface area contributed by atoms with Crippen LogP contribution < -0.4 is 20.7 Å². The third-order valence-electron chi connectivity index (χ3n) is 0.183. The molecule has 0 rings (SSSR count). The molecule has 0 aromatic heterocycles. The molecule has 114 valence electrons. The van der Waals surface area contributed by atoms with E-state index in [4.69, 9.17) is 51.2 Å². The van der Waals surface area contributed by atoms with Gasteiger partial charge in [0, 0.05) is 0 Å². The standard InChI is InChI=1S/C2H2O4.2Mn.2H3N.8O/c3-1(4)2(5)6;;;;;;;;;;;;/h(H,3,4)(H,5,6);;;2*1H3;;;;;;;;/q;;;;;;;;;;;2*-1/p+2. The van der Waals surface area contributed by atoms with Crippen LogP contribution >= 0.6 is 0 Å². The van der Waals surface area contributed by atoms with Crippen molar-refractivity contribution in [3.8, 4) is 0 Å². The Kier molecular flexibility index (Phi) is 20.2. The quantitative estimate of drug-likeness (QED) is 0.244. The molecule has 0 spiro atoms. The second kappa shape index (κ2) is 12.1. The second-order valence-electron chi connectivity index (χ2n) is 1.37. The van der Waals surface area contributed by atoms with E-state index in [1.54, 1.807) is 0 Å². The summed E-state index contributed by atoms with van der Waals surface area (Å²) in [6, 6.07) is 0. The summed E-state index contributed by atoms with van der Waals surface area (Å²) in [5.74, 6) is -3.65. The zero-order valence-electron chi connectivity index (χ0n) is 8.73. The van der Waals surface area contributed by atoms with Crippen LogP contribution in [0, 0.1) is 0 Å². The average molecular weight is 364 g/mol. The number of rotatable bonds is 0. The zero-order valence-corrected chi connectivity index (χ0v) is 11.1. The summed E-state index contributed by atoms with van der Waals surface area (Å²) in [7, 11) is 0. The van der Waals surface area contributed by atoms with Crippen molar-refractivity contribution in [1.82, 2.24) is 12.3 Å². The van der Waals surface area contributed by atoms with Gasteiger partial charge in [0.1, 0.15) is 0 Å². The monoisotopic (exact) mass is 364 g/mol. The normalized spacial score (nSPS) is 8.78. The molecule has 14 nitrogen and oxygen atoms in total. The summed E-state index contributed by atoms with van der Waals surface area (Å²) < 4.78 is 68.6. The number of aliphatic carboxylic acids is 2. The van der Waals surface area contributed by atoms with Crippen molar-refractivity contribution in [2.45, 2.75) is 0 Å². The molecule has 0 aromatic rings. The van der Waals surface area contributed by atoms with Gasteiger partial charge in [0.15, 0.2) is 0 Å². The van der Waals surface area contributed by atoms with Crippen molar-refractivity contribution >= 4 is 11.9 Å². The third-order valence-corrected chi connectivity index (χ3v) is 0.183. The molecular formula is C2H10Mn2N2O12. The summed E-state index contributed by atoms with van der Waals surface area (Å²) in [5, 5.41) is 14.8.